The van der Waals surface area contributed by atoms with Crippen LogP contribution in [0.2, 0.25) is 0 Å². The summed E-state index contributed by atoms with van der Waals surface area (Å²) >= 11 is 0. The van der Waals surface area contributed by atoms with Crippen LogP contribution in [0.15, 0.2) is 24.3 Å². The van der Waals surface area contributed by atoms with E-state index in [9.17, 15) is 0 Å². The van der Waals surface area contributed by atoms with Gasteiger partial charge in [0.25, 0.3) is 0 Å². The lowest BCUT2D eigenvalue weighted by atomic mass is 10.1. The highest BCUT2D eigenvalue weighted by Crippen LogP contribution is 2.18. The van der Waals surface area contributed by atoms with Crippen LogP contribution in [0.5, 0.6) is 5.75 Å². The Morgan fingerprint density at radius 1 is 1.28 bits per heavy atom. The molecule has 18 heavy (non-hydrogen) atoms. The summed E-state index contributed by atoms with van der Waals surface area (Å²) in [4.78, 5) is 2.42. The third-order valence-corrected chi connectivity index (χ3v) is 3.37. The van der Waals surface area contributed by atoms with Gasteiger partial charge < -0.3 is 15.0 Å². The third-order valence-electron chi connectivity index (χ3n) is 3.37. The summed E-state index contributed by atoms with van der Waals surface area (Å²) in [5.41, 5.74) is 1.27. The average molecular weight is 250 g/mol. The van der Waals surface area contributed by atoms with Crippen LogP contribution in [0.4, 0.5) is 0 Å². The van der Waals surface area contributed by atoms with Crippen molar-refractivity contribution in [3.05, 3.63) is 29.8 Å². The summed E-state index contributed by atoms with van der Waals surface area (Å²) in [5, 5.41) is 3.55. The van der Waals surface area contributed by atoms with Gasteiger partial charge in [-0.05, 0) is 37.7 Å². The van der Waals surface area contributed by atoms with Crippen LogP contribution in [0.3, 0.4) is 0 Å². The van der Waals surface area contributed by atoms with Gasteiger partial charge in [0.05, 0.1) is 7.11 Å². The quantitative estimate of drug-likeness (QED) is 0.767. The number of likely N-dealkylation sites (N-methyl/N-ethyl adjacent to an activating group) is 1. The number of nitrogens with zero attached hydrogens (tertiary/aromatic N) is 1. The number of benzene rings is 1. The molecular formula is C15H26N2O. The first kappa shape index (κ1) is 15.0. The first-order valence-electron chi connectivity index (χ1n) is 6.80. The van der Waals surface area contributed by atoms with Crippen LogP contribution in [0.25, 0.3) is 0 Å². The Balaban J connectivity index is 2.42. The molecule has 1 atom stereocenters. The molecule has 0 aliphatic rings. The molecule has 0 amide bonds. The van der Waals surface area contributed by atoms with E-state index in [0.29, 0.717) is 6.04 Å². The van der Waals surface area contributed by atoms with Crippen molar-refractivity contribution in [3.63, 3.8) is 0 Å². The SMILES string of the molecule is CCN(CC)CCN[C@H](C)c1cccc(OC)c1. The lowest BCUT2D eigenvalue weighted by Gasteiger charge is -2.20. The number of methoxy groups -OCH3 is 1. The van der Waals surface area contributed by atoms with Crippen molar-refractivity contribution >= 4 is 0 Å². The van der Waals surface area contributed by atoms with E-state index >= 15 is 0 Å². The zero-order valence-corrected chi connectivity index (χ0v) is 12.1. The van der Waals surface area contributed by atoms with Crippen LogP contribution in [0, 0.1) is 0 Å². The highest BCUT2D eigenvalue weighted by atomic mass is 16.5. The maximum Gasteiger partial charge on any atom is 0.119 e. The van der Waals surface area contributed by atoms with E-state index in [2.05, 4.69) is 43.1 Å². The maximum absolute atomic E-state index is 5.25. The van der Waals surface area contributed by atoms with Crippen molar-refractivity contribution in [1.82, 2.24) is 10.2 Å². The largest absolute Gasteiger partial charge is 0.497 e. The van der Waals surface area contributed by atoms with Gasteiger partial charge in [-0.25, -0.2) is 0 Å². The van der Waals surface area contributed by atoms with E-state index in [1.165, 1.54) is 5.56 Å². The Morgan fingerprint density at radius 3 is 2.61 bits per heavy atom. The molecule has 0 radical (unpaired) electrons. The Kier molecular flexibility index (Phi) is 6.76. The highest BCUT2D eigenvalue weighted by molar-refractivity contribution is 5.30. The molecular weight excluding hydrogens is 224 g/mol. The standard InChI is InChI=1S/C15H26N2O/c1-5-17(6-2)11-10-16-13(3)14-8-7-9-15(12-14)18-4/h7-9,12-13,16H,5-6,10-11H2,1-4H3/t13-/m1/s1. The van der Waals surface area contributed by atoms with Crippen molar-refractivity contribution in [1.29, 1.82) is 0 Å². The molecule has 0 bridgehead atoms. The molecule has 0 saturated carbocycles. The molecule has 1 aromatic carbocycles. The molecule has 0 fully saturated rings. The van der Waals surface area contributed by atoms with Gasteiger partial charge in [0.1, 0.15) is 5.75 Å². The minimum atomic E-state index is 0.357. The van der Waals surface area contributed by atoms with Crippen molar-refractivity contribution in [3.8, 4) is 5.75 Å². The predicted molar refractivity (Wildman–Crippen MR) is 77.2 cm³/mol. The summed E-state index contributed by atoms with van der Waals surface area (Å²) in [6.07, 6.45) is 0. The van der Waals surface area contributed by atoms with Gasteiger partial charge in [0.2, 0.25) is 0 Å². The molecule has 3 nitrogen and oxygen atoms in total. The minimum Gasteiger partial charge on any atom is -0.497 e. The molecule has 0 aromatic heterocycles. The van der Waals surface area contributed by atoms with Crippen LogP contribution in [-0.4, -0.2) is 38.2 Å². The number of rotatable bonds is 8. The topological polar surface area (TPSA) is 24.5 Å². The predicted octanol–water partition coefficient (Wildman–Crippen LogP) is 2.69. The second-order valence-electron chi connectivity index (χ2n) is 4.48. The van der Waals surface area contributed by atoms with Gasteiger partial charge >= 0.3 is 0 Å². The normalized spacial score (nSPS) is 12.7. The lowest BCUT2D eigenvalue weighted by Crippen LogP contribution is -2.33. The molecule has 1 aromatic rings. The molecule has 0 saturated heterocycles. The fraction of sp³-hybridized carbons (Fsp3) is 0.600. The van der Waals surface area contributed by atoms with Crippen LogP contribution in [-0.2, 0) is 0 Å². The Labute approximate surface area is 111 Å². The summed E-state index contributed by atoms with van der Waals surface area (Å²) in [6, 6.07) is 8.60. The second kappa shape index (κ2) is 8.11. The zero-order chi connectivity index (χ0) is 13.4. The summed E-state index contributed by atoms with van der Waals surface area (Å²) in [5.74, 6) is 0.921. The first-order valence-corrected chi connectivity index (χ1v) is 6.80. The summed E-state index contributed by atoms with van der Waals surface area (Å²) in [7, 11) is 1.71. The van der Waals surface area contributed by atoms with Crippen LogP contribution in [0.1, 0.15) is 32.4 Å². The Bertz CT molecular complexity index is 337. The molecule has 1 rings (SSSR count). The van der Waals surface area contributed by atoms with Gasteiger partial charge in [-0.2, -0.15) is 0 Å². The second-order valence-corrected chi connectivity index (χ2v) is 4.48. The van der Waals surface area contributed by atoms with E-state index in [0.717, 1.165) is 31.9 Å². The average Bonchev–Trinajstić information content (AvgIpc) is 2.43. The van der Waals surface area contributed by atoms with Crippen molar-refractivity contribution < 1.29 is 4.74 Å². The van der Waals surface area contributed by atoms with Gasteiger partial charge in [0, 0.05) is 19.1 Å². The van der Waals surface area contributed by atoms with E-state index in [-0.39, 0.29) is 0 Å². The molecule has 0 heterocycles. The highest BCUT2D eigenvalue weighted by Gasteiger charge is 2.06. The number of hydrogen-bond donors (Lipinski definition) is 1. The molecule has 102 valence electrons. The molecule has 3 heteroatoms. The van der Waals surface area contributed by atoms with Crippen molar-refractivity contribution in [2.45, 2.75) is 26.8 Å². The molecule has 0 aliphatic carbocycles. The van der Waals surface area contributed by atoms with Crippen LogP contribution >= 0.6 is 0 Å². The third kappa shape index (κ3) is 4.67. The molecule has 0 aliphatic heterocycles. The maximum atomic E-state index is 5.25. The molecule has 0 spiro atoms. The smallest absolute Gasteiger partial charge is 0.119 e. The van der Waals surface area contributed by atoms with Gasteiger partial charge in [-0.3, -0.25) is 0 Å². The van der Waals surface area contributed by atoms with E-state index < -0.39 is 0 Å². The van der Waals surface area contributed by atoms with Gasteiger partial charge in [-0.15, -0.1) is 0 Å². The zero-order valence-electron chi connectivity index (χ0n) is 12.1. The fourth-order valence-electron chi connectivity index (χ4n) is 2.01. The summed E-state index contributed by atoms with van der Waals surface area (Å²) in [6.45, 7) is 10.9. The van der Waals surface area contributed by atoms with E-state index in [4.69, 9.17) is 4.74 Å². The van der Waals surface area contributed by atoms with E-state index in [1.54, 1.807) is 7.11 Å². The van der Waals surface area contributed by atoms with Crippen molar-refractivity contribution in [2.24, 2.45) is 0 Å². The Hall–Kier alpha value is -1.06. The first-order chi connectivity index (χ1) is 8.71. The fourth-order valence-corrected chi connectivity index (χ4v) is 2.01. The van der Waals surface area contributed by atoms with Gasteiger partial charge in [0.15, 0.2) is 0 Å². The van der Waals surface area contributed by atoms with Gasteiger partial charge in [-0.1, -0.05) is 26.0 Å². The lowest BCUT2D eigenvalue weighted by molar-refractivity contribution is 0.298. The number of ether oxygens (including phenoxy) is 1. The monoisotopic (exact) mass is 250 g/mol. The number of hydrogen-bond acceptors (Lipinski definition) is 3. The minimum absolute atomic E-state index is 0.357. The summed E-state index contributed by atoms with van der Waals surface area (Å²) < 4.78 is 5.25. The Morgan fingerprint density at radius 2 is 2.00 bits per heavy atom. The molecule has 0 unspecified atom stereocenters. The number of nitrogens with one attached hydrogen (secondary N) is 1. The van der Waals surface area contributed by atoms with Crippen LogP contribution < -0.4 is 10.1 Å². The van der Waals surface area contributed by atoms with Crippen molar-refractivity contribution in [2.75, 3.05) is 33.3 Å². The van der Waals surface area contributed by atoms with E-state index in [1.807, 2.05) is 12.1 Å². The molecule has 1 N–H and O–H groups in total.